The number of thiazole rings is 1. The largest absolute Gasteiger partial charge is 0.380 e. The fraction of sp³-hybridized carbons (Fsp3) is 0.357. The Hall–Kier alpha value is -0.620. The minimum atomic E-state index is 0.144. The first-order valence-corrected chi connectivity index (χ1v) is 7.79. The second kappa shape index (κ2) is 5.57. The van der Waals surface area contributed by atoms with Crippen LogP contribution >= 0.6 is 33.9 Å². The minimum absolute atomic E-state index is 0.144. The molecule has 2 rings (SSSR count). The van der Waals surface area contributed by atoms with Crippen molar-refractivity contribution in [2.75, 3.05) is 5.32 Å². The van der Waals surface area contributed by atoms with E-state index in [9.17, 15) is 0 Å². The molecule has 0 unspecified atom stereocenters. The molecular formula is C14H17IN2S. The van der Waals surface area contributed by atoms with Crippen LogP contribution in [-0.4, -0.2) is 4.98 Å². The van der Waals surface area contributed by atoms with Crippen molar-refractivity contribution in [3.05, 3.63) is 43.9 Å². The van der Waals surface area contributed by atoms with Gasteiger partial charge in [-0.25, -0.2) is 4.98 Å². The van der Waals surface area contributed by atoms with Gasteiger partial charge in [-0.15, -0.1) is 11.3 Å². The number of rotatable bonds is 3. The van der Waals surface area contributed by atoms with Gasteiger partial charge < -0.3 is 5.32 Å². The lowest BCUT2D eigenvalue weighted by Crippen LogP contribution is -2.09. The molecule has 0 spiro atoms. The summed E-state index contributed by atoms with van der Waals surface area (Å²) in [6, 6.07) is 8.40. The molecule has 0 fully saturated rings. The third kappa shape index (κ3) is 3.68. The Morgan fingerprint density at radius 2 is 2.11 bits per heavy atom. The van der Waals surface area contributed by atoms with Crippen molar-refractivity contribution in [3.63, 3.8) is 0 Å². The summed E-state index contributed by atoms with van der Waals surface area (Å²) in [5, 5.41) is 4.63. The zero-order valence-electron chi connectivity index (χ0n) is 10.8. The van der Waals surface area contributed by atoms with Crippen LogP contribution in [0.15, 0.2) is 30.5 Å². The van der Waals surface area contributed by atoms with Crippen molar-refractivity contribution in [2.45, 2.75) is 32.7 Å². The fourth-order valence-corrected chi connectivity index (χ4v) is 2.98. The molecule has 1 N–H and O–H groups in total. The van der Waals surface area contributed by atoms with E-state index in [1.807, 2.05) is 6.20 Å². The summed E-state index contributed by atoms with van der Waals surface area (Å²) in [5.74, 6) is 0. The number of halogens is 1. The average Bonchev–Trinajstić information content (AvgIpc) is 2.74. The topological polar surface area (TPSA) is 24.9 Å². The van der Waals surface area contributed by atoms with Gasteiger partial charge in [-0.3, -0.25) is 0 Å². The van der Waals surface area contributed by atoms with E-state index in [1.54, 1.807) is 11.3 Å². The molecule has 0 aliphatic rings. The van der Waals surface area contributed by atoms with E-state index in [0.717, 1.165) is 12.2 Å². The Bertz CT molecular complexity index is 529. The molecule has 0 saturated heterocycles. The highest BCUT2D eigenvalue weighted by Crippen LogP contribution is 2.27. The maximum Gasteiger partial charge on any atom is 0.0981 e. The molecule has 0 radical (unpaired) electrons. The number of nitrogens with one attached hydrogen (secondary N) is 1. The Morgan fingerprint density at radius 1 is 1.33 bits per heavy atom. The first-order chi connectivity index (χ1) is 8.45. The highest BCUT2D eigenvalue weighted by molar-refractivity contribution is 14.1. The molecule has 96 valence electrons. The summed E-state index contributed by atoms with van der Waals surface area (Å²) >= 11 is 4.11. The summed E-state index contributed by atoms with van der Waals surface area (Å²) < 4.78 is 1.25. The summed E-state index contributed by atoms with van der Waals surface area (Å²) in [7, 11) is 0. The third-order valence-corrected chi connectivity index (χ3v) is 4.58. The van der Waals surface area contributed by atoms with E-state index in [0.29, 0.717) is 0 Å². The van der Waals surface area contributed by atoms with E-state index in [4.69, 9.17) is 0 Å². The quantitative estimate of drug-likeness (QED) is 0.793. The standard InChI is InChI=1S/C14H17IN2S/c1-14(2,3)13-17-9-12(18-13)8-16-11-6-4-5-10(15)7-11/h4-7,9,16H,8H2,1-3H3. The molecule has 0 aliphatic carbocycles. The van der Waals surface area contributed by atoms with Crippen LogP contribution in [0.1, 0.15) is 30.7 Å². The van der Waals surface area contributed by atoms with Crippen LogP contribution in [0.4, 0.5) is 5.69 Å². The van der Waals surface area contributed by atoms with Crippen molar-refractivity contribution in [1.82, 2.24) is 4.98 Å². The molecule has 1 aromatic heterocycles. The molecule has 2 nitrogen and oxygen atoms in total. The lowest BCUT2D eigenvalue weighted by atomic mass is 9.98. The SMILES string of the molecule is CC(C)(C)c1ncc(CNc2cccc(I)c2)s1. The maximum atomic E-state index is 4.49. The number of hydrogen-bond donors (Lipinski definition) is 1. The number of nitrogens with zero attached hydrogens (tertiary/aromatic N) is 1. The molecular weight excluding hydrogens is 355 g/mol. The highest BCUT2D eigenvalue weighted by atomic mass is 127. The van der Waals surface area contributed by atoms with E-state index >= 15 is 0 Å². The van der Waals surface area contributed by atoms with Crippen molar-refractivity contribution in [3.8, 4) is 0 Å². The predicted molar refractivity (Wildman–Crippen MR) is 87.3 cm³/mol. The normalized spacial score (nSPS) is 11.6. The molecule has 0 aliphatic heterocycles. The molecule has 2 aromatic rings. The molecule has 0 amide bonds. The zero-order chi connectivity index (χ0) is 13.2. The van der Waals surface area contributed by atoms with Crippen LogP contribution in [0, 0.1) is 3.57 Å². The van der Waals surface area contributed by atoms with Gasteiger partial charge in [-0.2, -0.15) is 0 Å². The minimum Gasteiger partial charge on any atom is -0.380 e. The van der Waals surface area contributed by atoms with Crippen molar-refractivity contribution in [1.29, 1.82) is 0 Å². The molecule has 0 saturated carbocycles. The van der Waals surface area contributed by atoms with Gasteiger partial charge in [0.15, 0.2) is 0 Å². The fourth-order valence-electron chi connectivity index (χ4n) is 1.52. The lowest BCUT2D eigenvalue weighted by molar-refractivity contribution is 0.585. The van der Waals surface area contributed by atoms with E-state index in [1.165, 1.54) is 13.5 Å². The summed E-state index contributed by atoms with van der Waals surface area (Å²) in [5.41, 5.74) is 1.30. The maximum absolute atomic E-state index is 4.49. The molecule has 4 heteroatoms. The number of hydrogen-bond acceptors (Lipinski definition) is 3. The van der Waals surface area contributed by atoms with Gasteiger partial charge in [0, 0.05) is 25.7 Å². The van der Waals surface area contributed by atoms with E-state index < -0.39 is 0 Å². The van der Waals surface area contributed by atoms with Gasteiger partial charge in [0.25, 0.3) is 0 Å². The number of benzene rings is 1. The smallest absolute Gasteiger partial charge is 0.0981 e. The first kappa shape index (κ1) is 13.8. The Kier molecular flexibility index (Phi) is 4.27. The molecule has 18 heavy (non-hydrogen) atoms. The monoisotopic (exact) mass is 372 g/mol. The molecule has 1 aromatic carbocycles. The summed E-state index contributed by atoms with van der Waals surface area (Å²) in [6.07, 6.45) is 1.98. The van der Waals surface area contributed by atoms with Gasteiger partial charge in [0.2, 0.25) is 0 Å². The third-order valence-electron chi connectivity index (χ3n) is 2.49. The molecule has 0 bridgehead atoms. The Morgan fingerprint density at radius 3 is 2.72 bits per heavy atom. The van der Waals surface area contributed by atoms with Crippen LogP contribution < -0.4 is 5.32 Å². The zero-order valence-corrected chi connectivity index (χ0v) is 13.8. The van der Waals surface area contributed by atoms with E-state index in [-0.39, 0.29) is 5.41 Å². The van der Waals surface area contributed by atoms with Gasteiger partial charge in [0.1, 0.15) is 0 Å². The van der Waals surface area contributed by atoms with Crippen molar-refractivity contribution in [2.24, 2.45) is 0 Å². The van der Waals surface area contributed by atoms with Gasteiger partial charge in [0.05, 0.1) is 11.6 Å². The van der Waals surface area contributed by atoms with Crippen LogP contribution in [0.25, 0.3) is 0 Å². The average molecular weight is 372 g/mol. The number of anilines is 1. The second-order valence-corrected chi connectivity index (χ2v) is 7.61. The highest BCUT2D eigenvalue weighted by Gasteiger charge is 2.17. The first-order valence-electron chi connectivity index (χ1n) is 5.90. The van der Waals surface area contributed by atoms with Crippen molar-refractivity contribution < 1.29 is 0 Å². The predicted octanol–water partition coefficient (Wildman–Crippen LogP) is 4.66. The van der Waals surface area contributed by atoms with Gasteiger partial charge >= 0.3 is 0 Å². The Balaban J connectivity index is 2.01. The van der Waals surface area contributed by atoms with Gasteiger partial charge in [-0.05, 0) is 40.8 Å². The van der Waals surface area contributed by atoms with E-state index in [2.05, 4.69) is 77.9 Å². The van der Waals surface area contributed by atoms with Crippen LogP contribution in [-0.2, 0) is 12.0 Å². The van der Waals surface area contributed by atoms with Crippen LogP contribution in [0.5, 0.6) is 0 Å². The number of aromatic nitrogens is 1. The van der Waals surface area contributed by atoms with Crippen molar-refractivity contribution >= 4 is 39.6 Å². The second-order valence-electron chi connectivity index (χ2n) is 5.25. The van der Waals surface area contributed by atoms with Gasteiger partial charge in [-0.1, -0.05) is 26.8 Å². The molecule has 0 atom stereocenters. The van der Waals surface area contributed by atoms with Crippen LogP contribution in [0.3, 0.4) is 0 Å². The van der Waals surface area contributed by atoms with Crippen LogP contribution in [0.2, 0.25) is 0 Å². The molecule has 1 heterocycles. The summed E-state index contributed by atoms with van der Waals surface area (Å²) in [6.45, 7) is 7.43. The lowest BCUT2D eigenvalue weighted by Gasteiger charge is -2.13. The summed E-state index contributed by atoms with van der Waals surface area (Å²) in [4.78, 5) is 5.77. The Labute approximate surface area is 126 Å².